The second-order valence-electron chi connectivity index (χ2n) is 6.16. The summed E-state index contributed by atoms with van der Waals surface area (Å²) in [6, 6.07) is 3.95. The summed E-state index contributed by atoms with van der Waals surface area (Å²) in [7, 11) is 1.82. The lowest BCUT2D eigenvalue weighted by Gasteiger charge is -2.36. The molecule has 1 aliphatic heterocycles. The molecule has 154 valence electrons. The monoisotopic (exact) mass is 517 g/mol. The van der Waals surface area contributed by atoms with Gasteiger partial charge in [-0.15, -0.1) is 24.0 Å². The number of aromatic nitrogens is 3. The molecule has 0 spiro atoms. The first kappa shape index (κ1) is 22.6. The molecule has 0 aromatic carbocycles. The fraction of sp³-hybridized carbons (Fsp3) is 0.556. The topological polar surface area (TPSA) is 78.8 Å². The van der Waals surface area contributed by atoms with Gasteiger partial charge in [-0.25, -0.2) is 9.97 Å². The standard InChI is InChI=1S/C18H27N7OS.HI/c1-4-15-22-18(27-23-15)25-10-8-24(9-11-25)17(19-3)21-13-14-6-7-20-16(12-14)26-5-2;/h6-7,12H,4-5,8-11,13H2,1-3H3,(H,19,21);1H. The minimum atomic E-state index is 0. The van der Waals surface area contributed by atoms with Crippen LogP contribution in [0.4, 0.5) is 5.13 Å². The second kappa shape index (κ2) is 11.3. The van der Waals surface area contributed by atoms with E-state index in [1.54, 1.807) is 6.20 Å². The van der Waals surface area contributed by atoms with E-state index in [0.717, 1.165) is 55.1 Å². The fourth-order valence-electron chi connectivity index (χ4n) is 2.93. The van der Waals surface area contributed by atoms with Gasteiger partial charge in [0.15, 0.2) is 5.96 Å². The number of guanidine groups is 1. The van der Waals surface area contributed by atoms with E-state index in [0.29, 0.717) is 19.0 Å². The predicted octanol–water partition coefficient (Wildman–Crippen LogP) is 2.41. The number of nitrogens with one attached hydrogen (secondary N) is 1. The maximum absolute atomic E-state index is 5.46. The van der Waals surface area contributed by atoms with Gasteiger partial charge in [-0.1, -0.05) is 6.92 Å². The van der Waals surface area contributed by atoms with Gasteiger partial charge >= 0.3 is 0 Å². The van der Waals surface area contributed by atoms with Crippen molar-refractivity contribution in [3.05, 3.63) is 29.7 Å². The van der Waals surface area contributed by atoms with Gasteiger partial charge in [0.25, 0.3) is 0 Å². The highest BCUT2D eigenvalue weighted by Crippen LogP contribution is 2.19. The number of hydrogen-bond acceptors (Lipinski definition) is 7. The summed E-state index contributed by atoms with van der Waals surface area (Å²) in [5, 5.41) is 4.46. The molecular formula is C18H28IN7OS. The summed E-state index contributed by atoms with van der Waals surface area (Å²) in [5.41, 5.74) is 1.12. The molecule has 0 amide bonds. The average Bonchev–Trinajstić information content (AvgIpc) is 3.19. The second-order valence-corrected chi connectivity index (χ2v) is 6.89. The molecule has 2 aromatic heterocycles. The molecule has 0 bridgehead atoms. The quantitative estimate of drug-likeness (QED) is 0.358. The number of halogens is 1. The molecule has 0 radical (unpaired) electrons. The van der Waals surface area contributed by atoms with Crippen molar-refractivity contribution < 1.29 is 4.74 Å². The van der Waals surface area contributed by atoms with Crippen LogP contribution in [0.2, 0.25) is 0 Å². The molecule has 8 nitrogen and oxygen atoms in total. The van der Waals surface area contributed by atoms with Gasteiger partial charge in [0.05, 0.1) is 6.61 Å². The van der Waals surface area contributed by atoms with Crippen molar-refractivity contribution in [1.82, 2.24) is 24.6 Å². The largest absolute Gasteiger partial charge is 0.478 e. The third kappa shape index (κ3) is 5.90. The molecule has 10 heteroatoms. The fourth-order valence-corrected chi connectivity index (χ4v) is 3.73. The molecule has 1 N–H and O–H groups in total. The molecule has 3 rings (SSSR count). The van der Waals surface area contributed by atoms with E-state index in [2.05, 4.69) is 41.4 Å². The number of rotatable bonds is 6. The van der Waals surface area contributed by atoms with Gasteiger partial charge in [0.2, 0.25) is 11.0 Å². The van der Waals surface area contributed by atoms with Crippen molar-refractivity contribution in [3.8, 4) is 5.88 Å². The molecule has 0 aliphatic carbocycles. The average molecular weight is 517 g/mol. The minimum absolute atomic E-state index is 0. The van der Waals surface area contributed by atoms with E-state index in [1.165, 1.54) is 11.5 Å². The Labute approximate surface area is 187 Å². The number of pyridine rings is 1. The lowest BCUT2D eigenvalue weighted by atomic mass is 10.2. The van der Waals surface area contributed by atoms with E-state index in [-0.39, 0.29) is 24.0 Å². The first-order valence-corrected chi connectivity index (χ1v) is 10.1. The third-order valence-corrected chi connectivity index (χ3v) is 5.19. The van der Waals surface area contributed by atoms with E-state index < -0.39 is 0 Å². The Hall–Kier alpha value is -1.69. The smallest absolute Gasteiger partial charge is 0.213 e. The SMILES string of the molecule is CCOc1cc(CNC(=NC)N2CCN(c3nc(CC)ns3)CC2)ccn1.I. The van der Waals surface area contributed by atoms with Crippen molar-refractivity contribution in [3.63, 3.8) is 0 Å². The molecule has 1 aliphatic rings. The third-order valence-electron chi connectivity index (χ3n) is 4.38. The van der Waals surface area contributed by atoms with Crippen LogP contribution in [0.3, 0.4) is 0 Å². The minimum Gasteiger partial charge on any atom is -0.478 e. The highest BCUT2D eigenvalue weighted by Gasteiger charge is 2.22. The van der Waals surface area contributed by atoms with E-state index in [9.17, 15) is 0 Å². The number of aryl methyl sites for hydroxylation is 1. The highest BCUT2D eigenvalue weighted by molar-refractivity contribution is 14.0. The lowest BCUT2D eigenvalue weighted by molar-refractivity contribution is 0.326. The van der Waals surface area contributed by atoms with Crippen molar-refractivity contribution in [2.24, 2.45) is 4.99 Å². The molecule has 1 fully saturated rings. The molecule has 3 heterocycles. The molecule has 0 saturated carbocycles. The Morgan fingerprint density at radius 1 is 1.29 bits per heavy atom. The van der Waals surface area contributed by atoms with Crippen LogP contribution in [0.1, 0.15) is 25.2 Å². The Balaban J connectivity index is 0.00000280. The number of piperazine rings is 1. The molecule has 1 saturated heterocycles. The summed E-state index contributed by atoms with van der Waals surface area (Å²) >= 11 is 1.49. The van der Waals surface area contributed by atoms with Crippen LogP contribution in [0.5, 0.6) is 5.88 Å². The number of anilines is 1. The first-order chi connectivity index (χ1) is 13.2. The zero-order chi connectivity index (χ0) is 19.1. The number of nitrogens with zero attached hydrogens (tertiary/aromatic N) is 6. The van der Waals surface area contributed by atoms with E-state index in [4.69, 9.17) is 4.74 Å². The molecular weight excluding hydrogens is 489 g/mol. The summed E-state index contributed by atoms with van der Waals surface area (Å²) in [4.78, 5) is 17.8. The van der Waals surface area contributed by atoms with Gasteiger partial charge in [0, 0.05) is 70.0 Å². The maximum Gasteiger partial charge on any atom is 0.213 e. The van der Waals surface area contributed by atoms with Gasteiger partial charge in [-0.05, 0) is 18.6 Å². The lowest BCUT2D eigenvalue weighted by Crippen LogP contribution is -2.52. The van der Waals surface area contributed by atoms with Gasteiger partial charge in [0.1, 0.15) is 5.82 Å². The molecule has 0 unspecified atom stereocenters. The van der Waals surface area contributed by atoms with Crippen LogP contribution in [-0.2, 0) is 13.0 Å². The van der Waals surface area contributed by atoms with Gasteiger partial charge in [-0.2, -0.15) is 4.37 Å². The molecule has 28 heavy (non-hydrogen) atoms. The highest BCUT2D eigenvalue weighted by atomic mass is 127. The predicted molar refractivity (Wildman–Crippen MR) is 124 cm³/mol. The zero-order valence-corrected chi connectivity index (χ0v) is 19.7. The molecule has 2 aromatic rings. The Bertz CT molecular complexity index is 762. The van der Waals surface area contributed by atoms with Gasteiger partial charge < -0.3 is 19.9 Å². The van der Waals surface area contributed by atoms with Crippen LogP contribution in [-0.4, -0.2) is 65.0 Å². The summed E-state index contributed by atoms with van der Waals surface area (Å²) < 4.78 is 9.85. The molecule has 0 atom stereocenters. The van der Waals surface area contributed by atoms with Crippen LogP contribution in [0.15, 0.2) is 23.3 Å². The zero-order valence-electron chi connectivity index (χ0n) is 16.6. The summed E-state index contributed by atoms with van der Waals surface area (Å²) in [6.07, 6.45) is 2.66. The van der Waals surface area contributed by atoms with Crippen LogP contribution in [0.25, 0.3) is 0 Å². The van der Waals surface area contributed by atoms with Crippen molar-refractivity contribution in [2.75, 3.05) is 44.7 Å². The summed E-state index contributed by atoms with van der Waals surface area (Å²) in [5.74, 6) is 2.50. The Kier molecular flexibility index (Phi) is 9.16. The Morgan fingerprint density at radius 2 is 2.07 bits per heavy atom. The number of aliphatic imine (C=N–C) groups is 1. The number of ether oxygens (including phenoxy) is 1. The summed E-state index contributed by atoms with van der Waals surface area (Å²) in [6.45, 7) is 8.99. The van der Waals surface area contributed by atoms with Crippen LogP contribution < -0.4 is 15.0 Å². The van der Waals surface area contributed by atoms with Crippen molar-refractivity contribution in [1.29, 1.82) is 0 Å². The normalized spacial score (nSPS) is 14.6. The van der Waals surface area contributed by atoms with E-state index in [1.807, 2.05) is 26.1 Å². The van der Waals surface area contributed by atoms with E-state index >= 15 is 0 Å². The van der Waals surface area contributed by atoms with Crippen LogP contribution >= 0.6 is 35.5 Å². The van der Waals surface area contributed by atoms with Gasteiger partial charge in [-0.3, -0.25) is 4.99 Å². The maximum atomic E-state index is 5.46. The van der Waals surface area contributed by atoms with Crippen molar-refractivity contribution in [2.45, 2.75) is 26.8 Å². The van der Waals surface area contributed by atoms with Crippen molar-refractivity contribution >= 4 is 46.6 Å². The van der Waals surface area contributed by atoms with Crippen LogP contribution in [0, 0.1) is 0 Å². The first-order valence-electron chi connectivity index (χ1n) is 9.34. The Morgan fingerprint density at radius 3 is 2.71 bits per heavy atom. The number of hydrogen-bond donors (Lipinski definition) is 1.